The first-order chi connectivity index (χ1) is 5.19. The van der Waals surface area contributed by atoms with Gasteiger partial charge >= 0.3 is 0 Å². The summed E-state index contributed by atoms with van der Waals surface area (Å²) in [5.41, 5.74) is -0.187. The van der Waals surface area contributed by atoms with Crippen LogP contribution in [0, 0.1) is 17.8 Å². The van der Waals surface area contributed by atoms with Gasteiger partial charge in [-0.25, -0.2) is 0 Å². The highest BCUT2D eigenvalue weighted by Crippen LogP contribution is 2.36. The van der Waals surface area contributed by atoms with E-state index in [2.05, 4.69) is 5.92 Å². The maximum atomic E-state index is 11.3. The molecule has 0 aromatic rings. The summed E-state index contributed by atoms with van der Waals surface area (Å²) in [6.07, 6.45) is 10.6. The van der Waals surface area contributed by atoms with Crippen molar-refractivity contribution in [3.63, 3.8) is 0 Å². The number of carbonyl (C=O) groups is 1. The van der Waals surface area contributed by atoms with E-state index < -0.39 is 0 Å². The fourth-order valence-corrected chi connectivity index (χ4v) is 1.73. The van der Waals surface area contributed by atoms with Crippen molar-refractivity contribution in [1.82, 2.24) is 0 Å². The smallest absolute Gasteiger partial charge is 0.211 e. The third-order valence-electron chi connectivity index (χ3n) is 2.64. The van der Waals surface area contributed by atoms with Crippen LogP contribution in [-0.2, 0) is 4.79 Å². The van der Waals surface area contributed by atoms with E-state index in [4.69, 9.17) is 6.42 Å². The van der Waals surface area contributed by atoms with Gasteiger partial charge in [0.25, 0.3) is 0 Å². The molecule has 1 heteroatoms. The fraction of sp³-hybridized carbons (Fsp3) is 0.700. The molecule has 0 saturated heterocycles. The van der Waals surface area contributed by atoms with Crippen LogP contribution in [0.15, 0.2) is 0 Å². The lowest BCUT2D eigenvalue weighted by molar-refractivity contribution is -0.123. The van der Waals surface area contributed by atoms with Crippen LogP contribution in [0.5, 0.6) is 0 Å². The minimum absolute atomic E-state index is 0.00259. The zero-order valence-electron chi connectivity index (χ0n) is 7.02. The SMILES string of the molecule is C#CC(=O)C1(C)CCCCC1. The van der Waals surface area contributed by atoms with E-state index in [1.54, 1.807) is 0 Å². The lowest BCUT2D eigenvalue weighted by atomic mass is 9.73. The molecule has 0 aromatic heterocycles. The minimum atomic E-state index is -0.187. The molecular formula is C10H14O. The molecule has 1 aliphatic rings. The molecule has 1 aliphatic carbocycles. The zero-order valence-corrected chi connectivity index (χ0v) is 7.02. The first-order valence-corrected chi connectivity index (χ1v) is 4.20. The van der Waals surface area contributed by atoms with Crippen molar-refractivity contribution in [3.05, 3.63) is 0 Å². The lowest BCUT2D eigenvalue weighted by Crippen LogP contribution is -2.28. The Morgan fingerprint density at radius 2 is 1.91 bits per heavy atom. The van der Waals surface area contributed by atoms with Crippen molar-refractivity contribution in [1.29, 1.82) is 0 Å². The van der Waals surface area contributed by atoms with Gasteiger partial charge in [0.1, 0.15) is 0 Å². The highest BCUT2D eigenvalue weighted by Gasteiger charge is 2.32. The van der Waals surface area contributed by atoms with Gasteiger partial charge in [-0.1, -0.05) is 26.2 Å². The van der Waals surface area contributed by atoms with Crippen LogP contribution in [0.1, 0.15) is 39.0 Å². The largest absolute Gasteiger partial charge is 0.284 e. The zero-order chi connectivity index (χ0) is 8.32. The van der Waals surface area contributed by atoms with Crippen molar-refractivity contribution < 1.29 is 4.79 Å². The van der Waals surface area contributed by atoms with Crippen molar-refractivity contribution in [3.8, 4) is 12.3 Å². The van der Waals surface area contributed by atoms with E-state index in [0.29, 0.717) is 0 Å². The van der Waals surface area contributed by atoms with E-state index in [0.717, 1.165) is 25.7 Å². The highest BCUT2D eigenvalue weighted by atomic mass is 16.1. The standard InChI is InChI=1S/C10H14O/c1-3-9(11)10(2)7-5-4-6-8-10/h1H,4-8H2,2H3. The second-order valence-electron chi connectivity index (χ2n) is 3.59. The minimum Gasteiger partial charge on any atom is -0.284 e. The van der Waals surface area contributed by atoms with Crippen molar-refractivity contribution >= 4 is 5.78 Å². The van der Waals surface area contributed by atoms with Gasteiger partial charge in [0.2, 0.25) is 5.78 Å². The molecule has 0 heterocycles. The van der Waals surface area contributed by atoms with Gasteiger partial charge in [0.15, 0.2) is 0 Å². The van der Waals surface area contributed by atoms with Crippen LogP contribution in [0.4, 0.5) is 0 Å². The lowest BCUT2D eigenvalue weighted by Gasteiger charge is -2.29. The summed E-state index contributed by atoms with van der Waals surface area (Å²) in [7, 11) is 0. The summed E-state index contributed by atoms with van der Waals surface area (Å²) in [5, 5.41) is 0. The van der Waals surface area contributed by atoms with Crippen LogP contribution >= 0.6 is 0 Å². The number of Topliss-reactive ketones (excluding diaryl/α,β-unsaturated/α-hetero) is 1. The molecule has 0 aromatic carbocycles. The van der Waals surface area contributed by atoms with Gasteiger partial charge in [-0.3, -0.25) is 4.79 Å². The fourth-order valence-electron chi connectivity index (χ4n) is 1.73. The first-order valence-electron chi connectivity index (χ1n) is 4.20. The van der Waals surface area contributed by atoms with Crippen LogP contribution in [0.25, 0.3) is 0 Å². The van der Waals surface area contributed by atoms with Crippen LogP contribution in [0.3, 0.4) is 0 Å². The molecule has 60 valence electrons. The number of ketones is 1. The number of terminal acetylenes is 1. The number of carbonyl (C=O) groups excluding carboxylic acids is 1. The number of rotatable bonds is 1. The summed E-state index contributed by atoms with van der Waals surface area (Å²) >= 11 is 0. The molecule has 0 amide bonds. The molecule has 1 saturated carbocycles. The Balaban J connectivity index is 2.65. The Labute approximate surface area is 68.2 Å². The van der Waals surface area contributed by atoms with Gasteiger partial charge in [-0.15, -0.1) is 6.42 Å². The number of hydrogen-bond donors (Lipinski definition) is 0. The summed E-state index contributed by atoms with van der Waals surface area (Å²) in [6, 6.07) is 0. The topological polar surface area (TPSA) is 17.1 Å². The monoisotopic (exact) mass is 150 g/mol. The predicted molar refractivity (Wildman–Crippen MR) is 45.0 cm³/mol. The summed E-state index contributed by atoms with van der Waals surface area (Å²) in [5.74, 6) is 2.23. The molecule has 11 heavy (non-hydrogen) atoms. The molecule has 0 radical (unpaired) electrons. The molecule has 0 N–H and O–H groups in total. The Morgan fingerprint density at radius 1 is 1.36 bits per heavy atom. The normalized spacial score (nSPS) is 22.2. The molecule has 1 nitrogen and oxygen atoms in total. The van der Waals surface area contributed by atoms with Crippen molar-refractivity contribution in [2.24, 2.45) is 5.41 Å². The predicted octanol–water partition coefficient (Wildman–Crippen LogP) is 2.16. The number of hydrogen-bond acceptors (Lipinski definition) is 1. The average Bonchev–Trinajstić information content (AvgIpc) is 2.04. The Morgan fingerprint density at radius 3 is 2.36 bits per heavy atom. The van der Waals surface area contributed by atoms with Crippen LogP contribution < -0.4 is 0 Å². The van der Waals surface area contributed by atoms with E-state index in [-0.39, 0.29) is 11.2 Å². The quantitative estimate of drug-likeness (QED) is 0.413. The van der Waals surface area contributed by atoms with Gasteiger partial charge in [-0.05, 0) is 18.8 Å². The van der Waals surface area contributed by atoms with E-state index in [9.17, 15) is 4.79 Å². The summed E-state index contributed by atoms with van der Waals surface area (Å²) in [6.45, 7) is 1.99. The third kappa shape index (κ3) is 1.63. The molecule has 0 unspecified atom stereocenters. The molecule has 1 rings (SSSR count). The van der Waals surface area contributed by atoms with E-state index in [1.807, 2.05) is 6.92 Å². The van der Waals surface area contributed by atoms with Gasteiger partial charge in [-0.2, -0.15) is 0 Å². The van der Waals surface area contributed by atoms with E-state index >= 15 is 0 Å². The molecular weight excluding hydrogens is 136 g/mol. The molecule has 0 bridgehead atoms. The Hall–Kier alpha value is -0.770. The van der Waals surface area contributed by atoms with Crippen LogP contribution in [0.2, 0.25) is 0 Å². The van der Waals surface area contributed by atoms with Crippen molar-refractivity contribution in [2.75, 3.05) is 0 Å². The van der Waals surface area contributed by atoms with Gasteiger partial charge < -0.3 is 0 Å². The van der Waals surface area contributed by atoms with Crippen LogP contribution in [-0.4, -0.2) is 5.78 Å². The summed E-state index contributed by atoms with van der Waals surface area (Å²) in [4.78, 5) is 11.3. The van der Waals surface area contributed by atoms with E-state index in [1.165, 1.54) is 6.42 Å². The third-order valence-corrected chi connectivity index (χ3v) is 2.64. The first kappa shape index (κ1) is 8.33. The Bertz CT molecular complexity index is 191. The molecule has 0 spiro atoms. The van der Waals surface area contributed by atoms with Crippen molar-refractivity contribution in [2.45, 2.75) is 39.0 Å². The molecule has 0 aliphatic heterocycles. The molecule has 0 atom stereocenters. The Kier molecular flexibility index (Phi) is 2.34. The maximum Gasteiger partial charge on any atom is 0.211 e. The molecule has 1 fully saturated rings. The van der Waals surface area contributed by atoms with Gasteiger partial charge in [0.05, 0.1) is 0 Å². The average molecular weight is 150 g/mol. The highest BCUT2D eigenvalue weighted by molar-refractivity contribution is 5.99. The van der Waals surface area contributed by atoms with Gasteiger partial charge in [0, 0.05) is 5.41 Å². The second-order valence-corrected chi connectivity index (χ2v) is 3.59. The summed E-state index contributed by atoms with van der Waals surface area (Å²) < 4.78 is 0. The maximum absolute atomic E-state index is 11.3. The second kappa shape index (κ2) is 3.09.